The van der Waals surface area contributed by atoms with Crippen molar-refractivity contribution in [3.05, 3.63) is 65.4 Å². The van der Waals surface area contributed by atoms with E-state index in [1.165, 1.54) is 9.87 Å². The van der Waals surface area contributed by atoms with Gasteiger partial charge in [0, 0.05) is 35.8 Å². The smallest absolute Gasteiger partial charge is 0.309 e. The highest BCUT2D eigenvalue weighted by atomic mass is 32.2. The first kappa shape index (κ1) is 22.8. The number of ketones is 1. The van der Waals surface area contributed by atoms with Crippen LogP contribution in [0, 0.1) is 5.92 Å². The Kier molecular flexibility index (Phi) is 6.04. The number of Topliss-reactive ketones (excluding diaryl/α,β-unsaturated/α-hetero) is 1. The fourth-order valence-electron chi connectivity index (χ4n) is 5.01. The zero-order valence-corrected chi connectivity index (χ0v) is 19.9. The Balaban J connectivity index is 1.20. The number of nitrogens with one attached hydrogen (secondary N) is 1. The molecule has 5 rings (SSSR count). The van der Waals surface area contributed by atoms with E-state index in [2.05, 4.69) is 4.98 Å². The molecule has 1 fully saturated rings. The number of benzene rings is 2. The first-order valence-corrected chi connectivity index (χ1v) is 13.2. The largest absolute Gasteiger partial charge is 0.454 e. The lowest BCUT2D eigenvalue weighted by atomic mass is 9.98. The molecule has 0 bridgehead atoms. The molecule has 1 unspecified atom stereocenters. The molecule has 2 aliphatic rings. The number of carbonyl (C=O) groups is 2. The zero-order chi connectivity index (χ0) is 23.9. The van der Waals surface area contributed by atoms with Crippen LogP contribution in [0.1, 0.15) is 47.7 Å². The van der Waals surface area contributed by atoms with E-state index in [0.29, 0.717) is 23.3 Å². The van der Waals surface area contributed by atoms with Gasteiger partial charge in [-0.25, -0.2) is 8.42 Å². The van der Waals surface area contributed by atoms with Crippen LogP contribution in [-0.4, -0.2) is 48.7 Å². The van der Waals surface area contributed by atoms with Crippen LogP contribution < -0.4 is 0 Å². The standard InChI is InChI=1S/C26H28N2O5S/c1-17(25(29)23-16-27-24-8-3-2-7-22(23)24)33-26(30)19-11-13-28(14-12-19)34(31,32)21-10-9-18-5-4-6-20(18)15-21/h2-3,7-10,15-17,19,27H,4-6,11-14H2,1H3. The number of ether oxygens (including phenoxy) is 1. The van der Waals surface area contributed by atoms with Gasteiger partial charge in [-0.2, -0.15) is 4.31 Å². The van der Waals surface area contributed by atoms with Gasteiger partial charge in [0.15, 0.2) is 6.10 Å². The van der Waals surface area contributed by atoms with Crippen molar-refractivity contribution in [3.63, 3.8) is 0 Å². The summed E-state index contributed by atoms with van der Waals surface area (Å²) in [5.74, 6) is -1.14. The predicted octanol–water partition coefficient (Wildman–Crippen LogP) is 3.87. The average Bonchev–Trinajstić information content (AvgIpc) is 3.50. The van der Waals surface area contributed by atoms with Crippen LogP contribution in [0.4, 0.5) is 0 Å². The van der Waals surface area contributed by atoms with Gasteiger partial charge in [0.2, 0.25) is 15.8 Å². The van der Waals surface area contributed by atoms with Gasteiger partial charge >= 0.3 is 5.97 Å². The summed E-state index contributed by atoms with van der Waals surface area (Å²) in [6, 6.07) is 12.9. The van der Waals surface area contributed by atoms with Gasteiger partial charge in [-0.3, -0.25) is 9.59 Å². The van der Waals surface area contributed by atoms with Gasteiger partial charge in [-0.1, -0.05) is 24.3 Å². The number of aromatic nitrogens is 1. The van der Waals surface area contributed by atoms with Crippen molar-refractivity contribution in [1.29, 1.82) is 0 Å². The Morgan fingerprint density at radius 2 is 1.79 bits per heavy atom. The third kappa shape index (κ3) is 4.16. The molecule has 1 aliphatic heterocycles. The van der Waals surface area contributed by atoms with Crippen molar-refractivity contribution in [1.82, 2.24) is 9.29 Å². The van der Waals surface area contributed by atoms with Crippen molar-refractivity contribution >= 4 is 32.7 Å². The monoisotopic (exact) mass is 480 g/mol. The predicted molar refractivity (Wildman–Crippen MR) is 128 cm³/mol. The Morgan fingerprint density at radius 1 is 1.06 bits per heavy atom. The number of aryl methyl sites for hydroxylation is 2. The molecule has 0 spiro atoms. The number of piperidine rings is 1. The molecular weight excluding hydrogens is 452 g/mol. The van der Waals surface area contributed by atoms with E-state index in [1.807, 2.05) is 30.3 Å². The fourth-order valence-corrected chi connectivity index (χ4v) is 6.53. The third-order valence-electron chi connectivity index (χ3n) is 7.01. The minimum Gasteiger partial charge on any atom is -0.454 e. The topological polar surface area (TPSA) is 96.5 Å². The number of aromatic amines is 1. The summed E-state index contributed by atoms with van der Waals surface area (Å²) in [4.78, 5) is 29.0. The van der Waals surface area contributed by atoms with Crippen molar-refractivity contribution < 1.29 is 22.7 Å². The zero-order valence-electron chi connectivity index (χ0n) is 19.1. The molecule has 34 heavy (non-hydrogen) atoms. The Hall–Kier alpha value is -2.97. The van der Waals surface area contributed by atoms with Crippen LogP contribution in [0.15, 0.2) is 53.6 Å². The van der Waals surface area contributed by atoms with E-state index in [1.54, 1.807) is 25.3 Å². The Labute approximate surface area is 199 Å². The third-order valence-corrected chi connectivity index (χ3v) is 8.91. The van der Waals surface area contributed by atoms with Crippen LogP contribution in [-0.2, 0) is 32.4 Å². The molecule has 0 radical (unpaired) electrons. The maximum atomic E-state index is 13.1. The maximum Gasteiger partial charge on any atom is 0.309 e. The van der Waals surface area contributed by atoms with E-state index in [9.17, 15) is 18.0 Å². The lowest BCUT2D eigenvalue weighted by Crippen LogP contribution is -2.41. The molecule has 2 aromatic carbocycles. The number of fused-ring (bicyclic) bond motifs is 2. The Bertz CT molecular complexity index is 1350. The van der Waals surface area contributed by atoms with Gasteiger partial charge in [0.1, 0.15) is 0 Å². The molecule has 1 N–H and O–H groups in total. The summed E-state index contributed by atoms with van der Waals surface area (Å²) in [5, 5.41) is 0.792. The van der Waals surface area contributed by atoms with Gasteiger partial charge in [-0.05, 0) is 68.4 Å². The summed E-state index contributed by atoms with van der Waals surface area (Å²) < 4.78 is 33.2. The van der Waals surface area contributed by atoms with Crippen molar-refractivity contribution in [2.75, 3.05) is 13.1 Å². The molecule has 3 aromatic rings. The average molecular weight is 481 g/mol. The summed E-state index contributed by atoms with van der Waals surface area (Å²) in [7, 11) is -3.60. The van der Waals surface area contributed by atoms with E-state index in [4.69, 9.17) is 4.74 Å². The Morgan fingerprint density at radius 3 is 2.59 bits per heavy atom. The van der Waals surface area contributed by atoms with Gasteiger partial charge in [0.05, 0.1) is 10.8 Å². The van der Waals surface area contributed by atoms with Crippen LogP contribution in [0.2, 0.25) is 0 Å². The molecule has 1 aromatic heterocycles. The van der Waals surface area contributed by atoms with Crippen LogP contribution >= 0.6 is 0 Å². The van der Waals surface area contributed by atoms with Gasteiger partial charge in [-0.15, -0.1) is 0 Å². The normalized spacial score (nSPS) is 18.0. The highest BCUT2D eigenvalue weighted by molar-refractivity contribution is 7.89. The van der Waals surface area contributed by atoms with Gasteiger partial charge < -0.3 is 9.72 Å². The SMILES string of the molecule is CC(OC(=O)C1CCN(S(=O)(=O)c2ccc3c(c2)CCC3)CC1)C(=O)c1c[nH]c2ccccc12. The van der Waals surface area contributed by atoms with Crippen LogP contribution in [0.25, 0.3) is 10.9 Å². The lowest BCUT2D eigenvalue weighted by Gasteiger charge is -2.30. The number of carbonyl (C=O) groups excluding carboxylic acids is 2. The fraction of sp³-hybridized carbons (Fsp3) is 0.385. The maximum absolute atomic E-state index is 13.1. The van der Waals surface area contributed by atoms with Gasteiger partial charge in [0.25, 0.3) is 0 Å². The summed E-state index contributed by atoms with van der Waals surface area (Å²) in [6.45, 7) is 2.09. The van der Waals surface area contributed by atoms with E-state index in [0.717, 1.165) is 35.7 Å². The second-order valence-corrected chi connectivity index (χ2v) is 11.1. The number of nitrogens with zero attached hydrogens (tertiary/aromatic N) is 1. The molecule has 178 valence electrons. The molecule has 8 heteroatoms. The molecule has 1 saturated heterocycles. The molecule has 0 amide bonds. The number of hydrogen-bond acceptors (Lipinski definition) is 5. The molecule has 0 saturated carbocycles. The molecule has 1 aliphatic carbocycles. The number of sulfonamides is 1. The first-order valence-electron chi connectivity index (χ1n) is 11.8. The lowest BCUT2D eigenvalue weighted by molar-refractivity contribution is -0.152. The summed E-state index contributed by atoms with van der Waals surface area (Å²) >= 11 is 0. The second kappa shape index (κ2) is 9.00. The highest BCUT2D eigenvalue weighted by Gasteiger charge is 2.34. The molecule has 2 heterocycles. The number of para-hydroxylation sites is 1. The number of esters is 1. The minimum atomic E-state index is -3.60. The highest BCUT2D eigenvalue weighted by Crippen LogP contribution is 2.29. The number of rotatable bonds is 6. The quantitative estimate of drug-likeness (QED) is 0.427. The first-order chi connectivity index (χ1) is 16.3. The molecule has 1 atom stereocenters. The van der Waals surface area contributed by atoms with Crippen molar-refractivity contribution in [2.24, 2.45) is 5.92 Å². The van der Waals surface area contributed by atoms with Crippen molar-refractivity contribution in [3.8, 4) is 0 Å². The molecule has 7 nitrogen and oxygen atoms in total. The van der Waals surface area contributed by atoms with Crippen LogP contribution in [0.5, 0.6) is 0 Å². The minimum absolute atomic E-state index is 0.254. The van der Waals surface area contributed by atoms with Crippen molar-refractivity contribution in [2.45, 2.75) is 50.0 Å². The van der Waals surface area contributed by atoms with E-state index < -0.39 is 28.0 Å². The summed E-state index contributed by atoms with van der Waals surface area (Å²) in [5.41, 5.74) is 3.69. The number of H-pyrrole nitrogens is 1. The van der Waals surface area contributed by atoms with E-state index in [-0.39, 0.29) is 18.9 Å². The van der Waals surface area contributed by atoms with E-state index >= 15 is 0 Å². The van der Waals surface area contributed by atoms with Crippen LogP contribution in [0.3, 0.4) is 0 Å². The molecular formula is C26H28N2O5S. The second-order valence-electron chi connectivity index (χ2n) is 9.15. The summed E-state index contributed by atoms with van der Waals surface area (Å²) in [6.07, 6.45) is 4.45. The number of hydrogen-bond donors (Lipinski definition) is 1.